The lowest BCUT2D eigenvalue weighted by Gasteiger charge is -2.14. The Morgan fingerprint density at radius 1 is 0.958 bits per heavy atom. The highest BCUT2D eigenvalue weighted by Crippen LogP contribution is 2.20. The maximum Gasteiger partial charge on any atom is 0.269 e. The minimum atomic E-state index is -0.469. The quantitative estimate of drug-likeness (QED) is 0.738. The van der Waals surface area contributed by atoms with Crippen LogP contribution in [0.25, 0.3) is 11.3 Å². The summed E-state index contributed by atoms with van der Waals surface area (Å²) in [5, 5.41) is 9.08. The molecule has 3 aromatic rings. The molecule has 0 unspecified atom stereocenters. The highest BCUT2D eigenvalue weighted by atomic mass is 19.1. The van der Waals surface area contributed by atoms with Crippen LogP contribution in [0.15, 0.2) is 65.5 Å². The molecule has 3 nitrogen and oxygen atoms in total. The van der Waals surface area contributed by atoms with Crippen LogP contribution in [0.3, 0.4) is 0 Å². The molecule has 0 saturated carbocycles. The largest absolute Gasteiger partial charge is 0.303 e. The van der Waals surface area contributed by atoms with Gasteiger partial charge in [0.25, 0.3) is 5.56 Å². The Kier molecular flexibility index (Phi) is 4.21. The fraction of sp³-hybridized carbons (Fsp3) is 0.0526. The van der Waals surface area contributed by atoms with Crippen molar-refractivity contribution in [1.82, 2.24) is 4.57 Å². The molecule has 1 aromatic heterocycles. The van der Waals surface area contributed by atoms with Crippen molar-refractivity contribution in [2.45, 2.75) is 6.54 Å². The topological polar surface area (TPSA) is 45.8 Å². The van der Waals surface area contributed by atoms with Crippen molar-refractivity contribution in [1.29, 1.82) is 5.26 Å². The van der Waals surface area contributed by atoms with Gasteiger partial charge in [0.1, 0.15) is 23.3 Å². The predicted molar refractivity (Wildman–Crippen MR) is 86.3 cm³/mol. The number of aromatic nitrogens is 1. The van der Waals surface area contributed by atoms with Crippen molar-refractivity contribution in [3.8, 4) is 17.3 Å². The zero-order valence-corrected chi connectivity index (χ0v) is 12.5. The van der Waals surface area contributed by atoms with Gasteiger partial charge < -0.3 is 4.57 Å². The normalized spacial score (nSPS) is 10.4. The summed E-state index contributed by atoms with van der Waals surface area (Å²) in [4.78, 5) is 12.5. The second-order valence-electron chi connectivity index (χ2n) is 5.27. The van der Waals surface area contributed by atoms with E-state index in [1.807, 2.05) is 6.07 Å². The number of hydrogen-bond acceptors (Lipinski definition) is 2. The average molecular weight is 322 g/mol. The summed E-state index contributed by atoms with van der Waals surface area (Å²) in [5.41, 5.74) is 1.29. The van der Waals surface area contributed by atoms with Crippen LogP contribution in [0.4, 0.5) is 8.78 Å². The lowest BCUT2D eigenvalue weighted by Crippen LogP contribution is -2.24. The summed E-state index contributed by atoms with van der Waals surface area (Å²) in [7, 11) is 0. The Balaban J connectivity index is 2.16. The number of hydrogen-bond donors (Lipinski definition) is 0. The van der Waals surface area contributed by atoms with Crippen LogP contribution < -0.4 is 5.56 Å². The molecule has 0 saturated heterocycles. The number of halogens is 2. The van der Waals surface area contributed by atoms with Gasteiger partial charge >= 0.3 is 0 Å². The Labute approximate surface area is 137 Å². The zero-order valence-electron chi connectivity index (χ0n) is 12.5. The van der Waals surface area contributed by atoms with E-state index in [2.05, 4.69) is 0 Å². The third kappa shape index (κ3) is 3.08. The molecule has 0 spiro atoms. The van der Waals surface area contributed by atoms with E-state index < -0.39 is 11.4 Å². The predicted octanol–water partition coefficient (Wildman–Crippen LogP) is 3.71. The summed E-state index contributed by atoms with van der Waals surface area (Å²) < 4.78 is 27.9. The summed E-state index contributed by atoms with van der Waals surface area (Å²) in [6, 6.07) is 16.5. The minimum absolute atomic E-state index is 0.00253. The smallest absolute Gasteiger partial charge is 0.269 e. The fourth-order valence-corrected chi connectivity index (χ4v) is 2.51. The van der Waals surface area contributed by atoms with E-state index in [0.29, 0.717) is 16.8 Å². The van der Waals surface area contributed by atoms with Crippen LogP contribution >= 0.6 is 0 Å². The maximum atomic E-state index is 13.4. The van der Waals surface area contributed by atoms with Gasteiger partial charge in [0.2, 0.25) is 0 Å². The van der Waals surface area contributed by atoms with Crippen molar-refractivity contribution in [2.75, 3.05) is 0 Å². The van der Waals surface area contributed by atoms with Crippen LogP contribution in [0, 0.1) is 23.0 Å². The number of nitriles is 1. The lowest BCUT2D eigenvalue weighted by molar-refractivity contribution is 0.622. The van der Waals surface area contributed by atoms with Crippen LogP contribution in [0.2, 0.25) is 0 Å². The van der Waals surface area contributed by atoms with Crippen LogP contribution in [-0.2, 0) is 6.54 Å². The molecule has 2 aromatic carbocycles. The Morgan fingerprint density at radius 2 is 1.71 bits per heavy atom. The molecule has 0 aliphatic carbocycles. The first kappa shape index (κ1) is 15.6. The maximum absolute atomic E-state index is 13.4. The molecular weight excluding hydrogens is 310 g/mol. The fourth-order valence-electron chi connectivity index (χ4n) is 2.51. The Bertz CT molecular complexity index is 985. The molecule has 1 heterocycles. The van der Waals surface area contributed by atoms with E-state index in [4.69, 9.17) is 5.26 Å². The molecule has 0 radical (unpaired) electrons. The molecule has 0 N–H and O–H groups in total. The number of nitrogens with zero attached hydrogens (tertiary/aromatic N) is 2. The first-order valence-corrected chi connectivity index (χ1v) is 7.23. The van der Waals surface area contributed by atoms with Crippen molar-refractivity contribution in [3.63, 3.8) is 0 Å². The molecule has 0 amide bonds. The summed E-state index contributed by atoms with van der Waals surface area (Å²) in [6.45, 7) is 0.110. The molecular formula is C19H12F2N2O. The van der Waals surface area contributed by atoms with Gasteiger partial charge in [0, 0.05) is 0 Å². The molecule has 0 bridgehead atoms. The van der Waals surface area contributed by atoms with E-state index in [9.17, 15) is 13.6 Å². The van der Waals surface area contributed by atoms with Gasteiger partial charge in [-0.25, -0.2) is 8.78 Å². The van der Waals surface area contributed by atoms with Crippen LogP contribution in [0.5, 0.6) is 0 Å². The minimum Gasteiger partial charge on any atom is -0.303 e. The van der Waals surface area contributed by atoms with E-state index >= 15 is 0 Å². The second-order valence-corrected chi connectivity index (χ2v) is 5.27. The average Bonchev–Trinajstić information content (AvgIpc) is 2.58. The van der Waals surface area contributed by atoms with Crippen molar-refractivity contribution < 1.29 is 8.78 Å². The highest BCUT2D eigenvalue weighted by Gasteiger charge is 2.11. The monoisotopic (exact) mass is 322 g/mol. The Hall–Kier alpha value is -3.26. The molecule has 118 valence electrons. The highest BCUT2D eigenvalue weighted by molar-refractivity contribution is 5.60. The summed E-state index contributed by atoms with van der Waals surface area (Å²) in [6.07, 6.45) is 0. The van der Waals surface area contributed by atoms with E-state index in [1.165, 1.54) is 34.9 Å². The van der Waals surface area contributed by atoms with Crippen LogP contribution in [-0.4, -0.2) is 4.57 Å². The molecule has 0 fully saturated rings. The second kappa shape index (κ2) is 6.47. The first-order valence-electron chi connectivity index (χ1n) is 7.23. The number of pyridine rings is 1. The van der Waals surface area contributed by atoms with Gasteiger partial charge in [-0.3, -0.25) is 4.79 Å². The third-order valence-electron chi connectivity index (χ3n) is 3.66. The molecule has 3 rings (SSSR count). The number of rotatable bonds is 3. The molecule has 0 atom stereocenters. The van der Waals surface area contributed by atoms with Gasteiger partial charge in [-0.1, -0.05) is 12.1 Å². The SMILES string of the molecule is N#Cc1ccc(-c2ccc(F)cc2)n(Cc2cccc(F)c2)c1=O. The molecule has 24 heavy (non-hydrogen) atoms. The van der Waals surface area contributed by atoms with E-state index in [-0.39, 0.29) is 17.9 Å². The van der Waals surface area contributed by atoms with Gasteiger partial charge in [0.15, 0.2) is 0 Å². The van der Waals surface area contributed by atoms with Crippen molar-refractivity contribution in [3.05, 3.63) is 93.8 Å². The number of benzene rings is 2. The van der Waals surface area contributed by atoms with Crippen molar-refractivity contribution >= 4 is 0 Å². The molecule has 5 heteroatoms. The van der Waals surface area contributed by atoms with Gasteiger partial charge in [-0.15, -0.1) is 0 Å². The third-order valence-corrected chi connectivity index (χ3v) is 3.66. The van der Waals surface area contributed by atoms with Gasteiger partial charge in [-0.05, 0) is 59.7 Å². The van der Waals surface area contributed by atoms with E-state index in [0.717, 1.165) is 0 Å². The van der Waals surface area contributed by atoms with Gasteiger partial charge in [-0.2, -0.15) is 5.26 Å². The van der Waals surface area contributed by atoms with Crippen LogP contribution in [0.1, 0.15) is 11.1 Å². The first-order chi connectivity index (χ1) is 11.6. The lowest BCUT2D eigenvalue weighted by atomic mass is 10.1. The zero-order chi connectivity index (χ0) is 17.1. The van der Waals surface area contributed by atoms with Gasteiger partial charge in [0.05, 0.1) is 12.2 Å². The molecule has 0 aliphatic rings. The summed E-state index contributed by atoms with van der Waals surface area (Å²) in [5.74, 6) is -0.785. The summed E-state index contributed by atoms with van der Waals surface area (Å²) >= 11 is 0. The van der Waals surface area contributed by atoms with Crippen molar-refractivity contribution in [2.24, 2.45) is 0 Å². The van der Waals surface area contributed by atoms with E-state index in [1.54, 1.807) is 30.3 Å². The Morgan fingerprint density at radius 3 is 2.38 bits per heavy atom. The molecule has 0 aliphatic heterocycles. The standard InChI is InChI=1S/C19H12F2N2O/c20-16-7-4-14(5-8-16)18-9-6-15(11-22)19(24)23(18)12-13-2-1-3-17(21)10-13/h1-10H,12H2.